The number of benzene rings is 1. The van der Waals surface area contributed by atoms with Crippen LogP contribution in [0.15, 0.2) is 41.2 Å². The van der Waals surface area contributed by atoms with Gasteiger partial charge in [-0.15, -0.1) is 0 Å². The SMILES string of the molecule is CCC(C)N1CCC(c2c[nH]c3ccc(NC(=O)c4ccsc4)cc23)CC1. The molecule has 1 aliphatic heterocycles. The number of piperidine rings is 1. The maximum Gasteiger partial charge on any atom is 0.256 e. The van der Waals surface area contributed by atoms with Crippen molar-refractivity contribution in [1.82, 2.24) is 9.88 Å². The van der Waals surface area contributed by atoms with Gasteiger partial charge in [-0.3, -0.25) is 4.79 Å². The van der Waals surface area contributed by atoms with Gasteiger partial charge in [-0.25, -0.2) is 0 Å². The molecule has 4 nitrogen and oxygen atoms in total. The number of carbonyl (C=O) groups is 1. The third-order valence-corrected chi connectivity index (χ3v) is 6.62. The molecule has 1 aromatic carbocycles. The zero-order valence-electron chi connectivity index (χ0n) is 16.0. The molecule has 4 rings (SSSR count). The van der Waals surface area contributed by atoms with Gasteiger partial charge in [-0.05, 0) is 80.4 Å². The van der Waals surface area contributed by atoms with Crippen molar-refractivity contribution >= 4 is 33.8 Å². The Hall–Kier alpha value is -2.11. The molecule has 2 aromatic heterocycles. The predicted octanol–water partition coefficient (Wildman–Crippen LogP) is 5.46. The number of anilines is 1. The Morgan fingerprint density at radius 2 is 2.15 bits per heavy atom. The summed E-state index contributed by atoms with van der Waals surface area (Å²) < 4.78 is 0. The van der Waals surface area contributed by atoms with Crippen molar-refractivity contribution in [2.75, 3.05) is 18.4 Å². The molecule has 1 saturated heterocycles. The molecule has 27 heavy (non-hydrogen) atoms. The molecule has 2 N–H and O–H groups in total. The minimum absolute atomic E-state index is 0.0467. The van der Waals surface area contributed by atoms with Gasteiger partial charge in [0, 0.05) is 34.2 Å². The molecule has 0 saturated carbocycles. The van der Waals surface area contributed by atoms with E-state index in [2.05, 4.69) is 47.4 Å². The van der Waals surface area contributed by atoms with Crippen molar-refractivity contribution in [3.05, 3.63) is 52.3 Å². The number of likely N-dealkylation sites (tertiary alicyclic amines) is 1. The van der Waals surface area contributed by atoms with Crippen LogP contribution in [0.25, 0.3) is 10.9 Å². The summed E-state index contributed by atoms with van der Waals surface area (Å²) >= 11 is 1.54. The largest absolute Gasteiger partial charge is 0.361 e. The molecule has 0 aliphatic carbocycles. The number of amides is 1. The molecular weight excluding hydrogens is 354 g/mol. The van der Waals surface area contributed by atoms with Gasteiger partial charge in [-0.1, -0.05) is 6.92 Å². The molecule has 3 aromatic rings. The first-order chi connectivity index (χ1) is 13.2. The summed E-state index contributed by atoms with van der Waals surface area (Å²) in [6, 6.07) is 8.68. The van der Waals surface area contributed by atoms with Crippen molar-refractivity contribution in [2.24, 2.45) is 0 Å². The number of thiophene rings is 1. The minimum atomic E-state index is -0.0467. The number of H-pyrrole nitrogens is 1. The lowest BCUT2D eigenvalue weighted by molar-refractivity contribution is 0.102. The number of aromatic amines is 1. The van der Waals surface area contributed by atoms with Gasteiger partial charge in [0.05, 0.1) is 5.56 Å². The van der Waals surface area contributed by atoms with E-state index in [1.165, 1.54) is 54.6 Å². The molecule has 1 unspecified atom stereocenters. The maximum atomic E-state index is 12.3. The van der Waals surface area contributed by atoms with Crippen LogP contribution in [0, 0.1) is 0 Å². The predicted molar refractivity (Wildman–Crippen MR) is 114 cm³/mol. The van der Waals surface area contributed by atoms with Crippen molar-refractivity contribution in [1.29, 1.82) is 0 Å². The summed E-state index contributed by atoms with van der Waals surface area (Å²) in [4.78, 5) is 18.4. The number of carbonyl (C=O) groups excluding carboxylic acids is 1. The standard InChI is InChI=1S/C22H27N3OS/c1-3-15(2)25-9-6-16(7-10-25)20-13-23-21-5-4-18(12-19(20)21)24-22(26)17-8-11-27-14-17/h4-5,8,11-16,23H,3,6-7,9-10H2,1-2H3,(H,24,26). The Labute approximate surface area is 164 Å². The molecule has 5 heteroatoms. The van der Waals surface area contributed by atoms with E-state index in [4.69, 9.17) is 0 Å². The summed E-state index contributed by atoms with van der Waals surface area (Å²) in [5.41, 5.74) is 4.10. The average Bonchev–Trinajstić information content (AvgIpc) is 3.37. The number of hydrogen-bond donors (Lipinski definition) is 2. The summed E-state index contributed by atoms with van der Waals surface area (Å²) in [7, 11) is 0. The quantitative estimate of drug-likeness (QED) is 0.616. The van der Waals surface area contributed by atoms with Crippen LogP contribution in [0.3, 0.4) is 0 Å². The van der Waals surface area contributed by atoms with E-state index in [0.29, 0.717) is 17.5 Å². The van der Waals surface area contributed by atoms with Gasteiger partial charge in [-0.2, -0.15) is 11.3 Å². The van der Waals surface area contributed by atoms with Crippen molar-refractivity contribution in [2.45, 2.75) is 45.1 Å². The second-order valence-electron chi connectivity index (χ2n) is 7.54. The Morgan fingerprint density at radius 1 is 1.33 bits per heavy atom. The highest BCUT2D eigenvalue weighted by Gasteiger charge is 2.24. The van der Waals surface area contributed by atoms with Gasteiger partial charge < -0.3 is 15.2 Å². The van der Waals surface area contributed by atoms with E-state index < -0.39 is 0 Å². The molecule has 1 fully saturated rings. The molecule has 3 heterocycles. The van der Waals surface area contributed by atoms with Crippen LogP contribution in [0.1, 0.15) is 54.9 Å². The van der Waals surface area contributed by atoms with Crippen LogP contribution in [0.4, 0.5) is 5.69 Å². The molecule has 1 amide bonds. The highest BCUT2D eigenvalue weighted by molar-refractivity contribution is 7.08. The highest BCUT2D eigenvalue weighted by atomic mass is 32.1. The molecule has 142 valence electrons. The average molecular weight is 382 g/mol. The highest BCUT2D eigenvalue weighted by Crippen LogP contribution is 2.35. The maximum absolute atomic E-state index is 12.3. The molecule has 0 radical (unpaired) electrons. The number of aromatic nitrogens is 1. The lowest BCUT2D eigenvalue weighted by Gasteiger charge is -2.35. The zero-order chi connectivity index (χ0) is 18.8. The van der Waals surface area contributed by atoms with Crippen LogP contribution in [-0.2, 0) is 0 Å². The topological polar surface area (TPSA) is 48.1 Å². The van der Waals surface area contributed by atoms with Gasteiger partial charge in [0.25, 0.3) is 5.91 Å². The van der Waals surface area contributed by atoms with Crippen molar-refractivity contribution < 1.29 is 4.79 Å². The smallest absolute Gasteiger partial charge is 0.256 e. The third kappa shape index (κ3) is 3.80. The Balaban J connectivity index is 1.52. The number of nitrogens with one attached hydrogen (secondary N) is 2. The Morgan fingerprint density at radius 3 is 2.85 bits per heavy atom. The summed E-state index contributed by atoms with van der Waals surface area (Å²) in [6.45, 7) is 6.93. The van der Waals surface area contributed by atoms with Crippen LogP contribution in [-0.4, -0.2) is 34.9 Å². The first-order valence-corrected chi connectivity index (χ1v) is 10.8. The van der Waals surface area contributed by atoms with Crippen LogP contribution in [0.2, 0.25) is 0 Å². The first-order valence-electron chi connectivity index (χ1n) is 9.84. The molecule has 1 atom stereocenters. The molecule has 0 spiro atoms. The van der Waals surface area contributed by atoms with E-state index in [9.17, 15) is 4.79 Å². The second-order valence-corrected chi connectivity index (χ2v) is 8.32. The fourth-order valence-corrected chi connectivity index (χ4v) is 4.70. The van der Waals surface area contributed by atoms with E-state index in [-0.39, 0.29) is 5.91 Å². The molecule has 0 bridgehead atoms. The summed E-state index contributed by atoms with van der Waals surface area (Å²) in [5.74, 6) is 0.538. The number of nitrogens with zero attached hydrogens (tertiary/aromatic N) is 1. The fourth-order valence-electron chi connectivity index (χ4n) is 4.06. The van der Waals surface area contributed by atoms with Crippen molar-refractivity contribution in [3.63, 3.8) is 0 Å². The normalized spacial score (nSPS) is 17.3. The Bertz CT molecular complexity index is 907. The number of rotatable bonds is 5. The van der Waals surface area contributed by atoms with Gasteiger partial charge in [0.1, 0.15) is 0 Å². The van der Waals surface area contributed by atoms with Crippen LogP contribution < -0.4 is 5.32 Å². The second kappa shape index (κ2) is 7.87. The Kier molecular flexibility index (Phi) is 5.32. The lowest BCUT2D eigenvalue weighted by atomic mass is 9.88. The monoisotopic (exact) mass is 381 g/mol. The number of fused-ring (bicyclic) bond motifs is 1. The van der Waals surface area contributed by atoms with Crippen LogP contribution >= 0.6 is 11.3 Å². The van der Waals surface area contributed by atoms with Crippen LogP contribution in [0.5, 0.6) is 0 Å². The molecule has 1 aliphatic rings. The van der Waals surface area contributed by atoms with Crippen molar-refractivity contribution in [3.8, 4) is 0 Å². The molecular formula is C22H27N3OS. The summed E-state index contributed by atoms with van der Waals surface area (Å²) in [5, 5.41) is 8.07. The van der Waals surface area contributed by atoms with E-state index in [1.807, 2.05) is 22.9 Å². The van der Waals surface area contributed by atoms with Gasteiger partial charge >= 0.3 is 0 Å². The third-order valence-electron chi connectivity index (χ3n) is 5.94. The number of hydrogen-bond acceptors (Lipinski definition) is 3. The van der Waals surface area contributed by atoms with Gasteiger partial charge in [0.15, 0.2) is 0 Å². The van der Waals surface area contributed by atoms with E-state index in [1.54, 1.807) is 0 Å². The zero-order valence-corrected chi connectivity index (χ0v) is 16.8. The lowest BCUT2D eigenvalue weighted by Crippen LogP contribution is -2.39. The minimum Gasteiger partial charge on any atom is -0.361 e. The van der Waals surface area contributed by atoms with E-state index in [0.717, 1.165) is 11.2 Å². The first kappa shape index (κ1) is 18.3. The summed E-state index contributed by atoms with van der Waals surface area (Å²) in [6.07, 6.45) is 5.77. The van der Waals surface area contributed by atoms with Gasteiger partial charge in [0.2, 0.25) is 0 Å². The van der Waals surface area contributed by atoms with E-state index >= 15 is 0 Å². The fraction of sp³-hybridized carbons (Fsp3) is 0.409.